The lowest BCUT2D eigenvalue weighted by molar-refractivity contribution is -0.137. The minimum absolute atomic E-state index is 0.0701. The third-order valence-electron chi connectivity index (χ3n) is 5.44. The highest BCUT2D eigenvalue weighted by Crippen LogP contribution is 2.32. The van der Waals surface area contributed by atoms with Gasteiger partial charge in [0.25, 0.3) is 5.91 Å². The maximum absolute atomic E-state index is 12.9. The van der Waals surface area contributed by atoms with Gasteiger partial charge in [-0.3, -0.25) is 4.79 Å². The summed E-state index contributed by atoms with van der Waals surface area (Å²) in [6.07, 6.45) is -4.17. The molecular weight excluding hydrogens is 475 g/mol. The summed E-state index contributed by atoms with van der Waals surface area (Å²) in [4.78, 5) is 17.4. The summed E-state index contributed by atoms with van der Waals surface area (Å²) < 4.78 is 54.7. The number of nitrogens with one attached hydrogen (secondary N) is 1. The summed E-state index contributed by atoms with van der Waals surface area (Å²) in [5.74, 6) is 0.862. The molecule has 0 bridgehead atoms. The average Bonchev–Trinajstić information content (AvgIpc) is 3.38. The molecule has 1 aromatic heterocycles. The zero-order valence-electron chi connectivity index (χ0n) is 19.4. The molecule has 4 rings (SSSR count). The van der Waals surface area contributed by atoms with E-state index in [9.17, 15) is 18.0 Å². The lowest BCUT2D eigenvalue weighted by Crippen LogP contribution is -2.30. The van der Waals surface area contributed by atoms with Gasteiger partial charge in [-0.1, -0.05) is 35.5 Å². The van der Waals surface area contributed by atoms with E-state index in [1.807, 2.05) is 30.3 Å². The van der Waals surface area contributed by atoms with Crippen LogP contribution in [0.15, 0.2) is 77.3 Å². The van der Waals surface area contributed by atoms with E-state index in [0.717, 1.165) is 29.8 Å². The molecule has 3 aromatic carbocycles. The molecule has 0 saturated heterocycles. The van der Waals surface area contributed by atoms with Crippen molar-refractivity contribution >= 4 is 5.91 Å². The second kappa shape index (κ2) is 10.5. The monoisotopic (exact) mass is 497 g/mol. The Morgan fingerprint density at radius 3 is 2.31 bits per heavy atom. The van der Waals surface area contributed by atoms with Gasteiger partial charge in [-0.2, -0.15) is 18.2 Å². The summed E-state index contributed by atoms with van der Waals surface area (Å²) in [5, 5.41) is 6.84. The van der Waals surface area contributed by atoms with Crippen LogP contribution in [0.4, 0.5) is 13.2 Å². The average molecular weight is 497 g/mol. The standard InChI is InChI=1S/C26H22F3N3O4/c1-34-21-13-10-18(15-22(21)35-2)23-31-25(36-32-23)20(14-16-6-4-3-5-7-16)30-24(33)17-8-11-19(12-9-17)26(27,28)29/h3-13,15,20H,14H2,1-2H3,(H,30,33). The third kappa shape index (κ3) is 5.65. The maximum atomic E-state index is 12.9. The number of rotatable bonds is 8. The van der Waals surface area contributed by atoms with Crippen LogP contribution in [0.5, 0.6) is 11.5 Å². The van der Waals surface area contributed by atoms with Crippen molar-refractivity contribution in [2.24, 2.45) is 0 Å². The molecule has 0 aliphatic rings. The number of amides is 1. The molecule has 0 fully saturated rings. The van der Waals surface area contributed by atoms with E-state index in [1.165, 1.54) is 14.2 Å². The molecule has 0 spiro atoms. The molecule has 1 N–H and O–H groups in total. The molecular formula is C26H22F3N3O4. The molecule has 0 aliphatic carbocycles. The van der Waals surface area contributed by atoms with E-state index in [1.54, 1.807) is 18.2 Å². The van der Waals surface area contributed by atoms with E-state index >= 15 is 0 Å². The predicted molar refractivity (Wildman–Crippen MR) is 125 cm³/mol. The first kappa shape index (κ1) is 24.8. The zero-order valence-corrected chi connectivity index (χ0v) is 19.4. The van der Waals surface area contributed by atoms with Crippen molar-refractivity contribution in [3.8, 4) is 22.9 Å². The van der Waals surface area contributed by atoms with Crippen molar-refractivity contribution in [3.05, 3.63) is 95.4 Å². The fraction of sp³-hybridized carbons (Fsp3) is 0.192. The Morgan fingerprint density at radius 1 is 0.972 bits per heavy atom. The Hall–Kier alpha value is -4.34. The molecule has 0 saturated carbocycles. The van der Waals surface area contributed by atoms with Gasteiger partial charge in [-0.15, -0.1) is 0 Å². The summed E-state index contributed by atoms with van der Waals surface area (Å²) in [5.41, 5.74) is 0.730. The van der Waals surface area contributed by atoms with E-state index in [2.05, 4.69) is 15.5 Å². The quantitative estimate of drug-likeness (QED) is 0.347. The smallest absolute Gasteiger partial charge is 0.416 e. The van der Waals surface area contributed by atoms with E-state index in [0.29, 0.717) is 23.5 Å². The predicted octanol–water partition coefficient (Wildman–Crippen LogP) is 5.49. The molecule has 36 heavy (non-hydrogen) atoms. The number of aromatic nitrogens is 2. The van der Waals surface area contributed by atoms with Crippen molar-refractivity contribution in [3.63, 3.8) is 0 Å². The van der Waals surface area contributed by atoms with Crippen LogP contribution in [0.25, 0.3) is 11.4 Å². The van der Waals surface area contributed by atoms with E-state index in [-0.39, 0.29) is 17.3 Å². The molecule has 4 aromatic rings. The molecule has 0 radical (unpaired) electrons. The van der Waals surface area contributed by atoms with Gasteiger partial charge in [0.1, 0.15) is 6.04 Å². The first-order valence-electron chi connectivity index (χ1n) is 10.9. The van der Waals surface area contributed by atoms with Crippen LogP contribution < -0.4 is 14.8 Å². The Bertz CT molecular complexity index is 1320. The highest BCUT2D eigenvalue weighted by Gasteiger charge is 2.30. The fourth-order valence-corrected chi connectivity index (χ4v) is 3.57. The number of methoxy groups -OCH3 is 2. The maximum Gasteiger partial charge on any atom is 0.416 e. The molecule has 1 atom stereocenters. The summed E-state index contributed by atoms with van der Waals surface area (Å²) in [6, 6.07) is 17.7. The van der Waals surface area contributed by atoms with Crippen LogP contribution in [0.2, 0.25) is 0 Å². The van der Waals surface area contributed by atoms with Crippen LogP contribution in [-0.2, 0) is 12.6 Å². The summed E-state index contributed by atoms with van der Waals surface area (Å²) >= 11 is 0. The molecule has 0 aliphatic heterocycles. The van der Waals surface area contributed by atoms with Crippen molar-refractivity contribution < 1.29 is 32.0 Å². The summed E-state index contributed by atoms with van der Waals surface area (Å²) in [6.45, 7) is 0. The number of benzene rings is 3. The SMILES string of the molecule is COc1ccc(-c2noc(C(Cc3ccccc3)NC(=O)c3ccc(C(F)(F)F)cc3)n2)cc1OC. The van der Waals surface area contributed by atoms with Crippen LogP contribution in [-0.4, -0.2) is 30.3 Å². The van der Waals surface area contributed by atoms with Crippen molar-refractivity contribution in [2.45, 2.75) is 18.6 Å². The van der Waals surface area contributed by atoms with Crippen molar-refractivity contribution in [1.82, 2.24) is 15.5 Å². The Kier molecular flexibility index (Phi) is 7.23. The molecule has 1 unspecified atom stereocenters. The minimum atomic E-state index is -4.49. The van der Waals surface area contributed by atoms with E-state index < -0.39 is 23.7 Å². The second-order valence-electron chi connectivity index (χ2n) is 7.82. The van der Waals surface area contributed by atoms with Crippen molar-refractivity contribution in [2.75, 3.05) is 14.2 Å². The molecule has 7 nitrogen and oxygen atoms in total. The largest absolute Gasteiger partial charge is 0.493 e. The van der Waals surface area contributed by atoms with Gasteiger partial charge >= 0.3 is 6.18 Å². The topological polar surface area (TPSA) is 86.5 Å². The number of ether oxygens (including phenoxy) is 2. The number of carbonyl (C=O) groups is 1. The van der Waals surface area contributed by atoms with Crippen molar-refractivity contribution in [1.29, 1.82) is 0 Å². The first-order valence-corrected chi connectivity index (χ1v) is 10.9. The number of carbonyl (C=O) groups excluding carboxylic acids is 1. The molecule has 1 amide bonds. The zero-order chi connectivity index (χ0) is 25.7. The number of alkyl halides is 3. The second-order valence-corrected chi connectivity index (χ2v) is 7.82. The van der Waals surface area contributed by atoms with Crippen LogP contribution in [0.1, 0.15) is 33.4 Å². The number of halogens is 3. The van der Waals surface area contributed by atoms with E-state index in [4.69, 9.17) is 14.0 Å². The van der Waals surface area contributed by atoms with Gasteiger partial charge in [-0.25, -0.2) is 0 Å². The first-order chi connectivity index (χ1) is 17.3. The normalized spacial score (nSPS) is 12.1. The van der Waals surface area contributed by atoms with Gasteiger partial charge in [0.15, 0.2) is 11.5 Å². The highest BCUT2D eigenvalue weighted by atomic mass is 19.4. The lowest BCUT2D eigenvalue weighted by atomic mass is 10.0. The lowest BCUT2D eigenvalue weighted by Gasteiger charge is -2.16. The molecule has 186 valence electrons. The third-order valence-corrected chi connectivity index (χ3v) is 5.44. The minimum Gasteiger partial charge on any atom is -0.493 e. The molecule has 10 heteroatoms. The Balaban J connectivity index is 1.61. The number of hydrogen-bond donors (Lipinski definition) is 1. The van der Waals surface area contributed by atoms with Gasteiger partial charge in [0.05, 0.1) is 19.8 Å². The van der Waals surface area contributed by atoms with Crippen LogP contribution in [0, 0.1) is 0 Å². The Labute approximate surface area is 204 Å². The molecule has 1 heterocycles. The van der Waals surface area contributed by atoms with Gasteiger partial charge in [0.2, 0.25) is 11.7 Å². The van der Waals surface area contributed by atoms with Gasteiger partial charge < -0.3 is 19.3 Å². The van der Waals surface area contributed by atoms with Gasteiger partial charge in [-0.05, 0) is 48.0 Å². The van der Waals surface area contributed by atoms with Crippen LogP contribution in [0.3, 0.4) is 0 Å². The number of nitrogens with zero attached hydrogens (tertiary/aromatic N) is 2. The fourth-order valence-electron chi connectivity index (χ4n) is 3.57. The number of hydrogen-bond acceptors (Lipinski definition) is 6. The van der Waals surface area contributed by atoms with Gasteiger partial charge in [0, 0.05) is 17.5 Å². The Morgan fingerprint density at radius 2 is 1.67 bits per heavy atom. The van der Waals surface area contributed by atoms with Crippen LogP contribution >= 0.6 is 0 Å². The highest BCUT2D eigenvalue weighted by molar-refractivity contribution is 5.94. The summed E-state index contributed by atoms with van der Waals surface area (Å²) in [7, 11) is 3.04.